The molecule has 1 atom stereocenters. The monoisotopic (exact) mass is 495 g/mol. The number of amides is 3. The molecule has 0 aliphatic carbocycles. The molecule has 36 heavy (non-hydrogen) atoms. The molecular formula is C26H20F3N3O4. The summed E-state index contributed by atoms with van der Waals surface area (Å²) in [5.41, 5.74) is -0.0434. The fraction of sp³-hybridized carbons (Fsp3) is 0.192. The highest BCUT2D eigenvalue weighted by atomic mass is 19.4. The second-order valence-electron chi connectivity index (χ2n) is 8.47. The molecule has 3 aromatic carbocycles. The molecule has 3 amide bonds. The van der Waals surface area contributed by atoms with E-state index in [0.29, 0.717) is 11.3 Å². The summed E-state index contributed by atoms with van der Waals surface area (Å²) in [5, 5.41) is 2.69. The largest absolute Gasteiger partial charge is 0.573 e. The maximum absolute atomic E-state index is 13.9. The summed E-state index contributed by atoms with van der Waals surface area (Å²) in [6.45, 7) is 0.0730. The molecular weight excluding hydrogens is 475 g/mol. The Morgan fingerprint density at radius 1 is 0.944 bits per heavy atom. The Morgan fingerprint density at radius 3 is 2.31 bits per heavy atom. The molecule has 1 saturated heterocycles. The number of rotatable bonds is 5. The van der Waals surface area contributed by atoms with Crippen LogP contribution in [0, 0.1) is 0 Å². The number of fused-ring (bicyclic) bond motifs is 3. The molecule has 0 radical (unpaired) electrons. The summed E-state index contributed by atoms with van der Waals surface area (Å²) in [5.74, 6) is -1.79. The van der Waals surface area contributed by atoms with Crippen LogP contribution in [-0.2, 0) is 16.1 Å². The highest BCUT2D eigenvalue weighted by Gasteiger charge is 2.60. The van der Waals surface area contributed by atoms with E-state index >= 15 is 0 Å². The van der Waals surface area contributed by atoms with Gasteiger partial charge in [0.1, 0.15) is 5.75 Å². The van der Waals surface area contributed by atoms with Gasteiger partial charge in [-0.1, -0.05) is 42.5 Å². The Morgan fingerprint density at radius 2 is 1.61 bits per heavy atom. The van der Waals surface area contributed by atoms with Crippen LogP contribution in [0.2, 0.25) is 0 Å². The molecule has 184 valence electrons. The molecule has 3 aromatic rings. The van der Waals surface area contributed by atoms with Crippen molar-refractivity contribution in [2.45, 2.75) is 31.4 Å². The lowest BCUT2D eigenvalue weighted by atomic mass is 9.94. The van der Waals surface area contributed by atoms with E-state index in [1.807, 2.05) is 30.3 Å². The molecule has 0 saturated carbocycles. The number of carbonyl (C=O) groups excluding carboxylic acids is 3. The lowest BCUT2D eigenvalue weighted by molar-refractivity contribution is -0.274. The first-order valence-electron chi connectivity index (χ1n) is 11.1. The molecule has 0 bridgehead atoms. The molecule has 2 heterocycles. The van der Waals surface area contributed by atoms with Crippen LogP contribution in [-0.4, -0.2) is 34.6 Å². The van der Waals surface area contributed by atoms with Gasteiger partial charge in [0, 0.05) is 25.1 Å². The molecule has 2 aliphatic rings. The van der Waals surface area contributed by atoms with E-state index in [0.717, 1.165) is 17.7 Å². The van der Waals surface area contributed by atoms with E-state index in [1.165, 1.54) is 21.9 Å². The molecule has 1 fully saturated rings. The van der Waals surface area contributed by atoms with Gasteiger partial charge in [-0.25, -0.2) is 0 Å². The third kappa shape index (κ3) is 4.04. The van der Waals surface area contributed by atoms with Gasteiger partial charge >= 0.3 is 6.36 Å². The SMILES string of the molecule is O=C1c2ccccc2N2C(=O)CCC2(C(=O)Nc2ccc(OC(F)(F)F)cc2)N1Cc1ccccc1. The topological polar surface area (TPSA) is 79.0 Å². The molecule has 1 unspecified atom stereocenters. The number of carbonyl (C=O) groups is 3. The van der Waals surface area contributed by atoms with Crippen molar-refractivity contribution in [2.75, 3.05) is 10.2 Å². The fourth-order valence-electron chi connectivity index (χ4n) is 4.74. The number of alkyl halides is 3. The number of para-hydroxylation sites is 1. The number of nitrogens with one attached hydrogen (secondary N) is 1. The number of hydrogen-bond acceptors (Lipinski definition) is 4. The number of hydrogen-bond donors (Lipinski definition) is 1. The van der Waals surface area contributed by atoms with Gasteiger partial charge < -0.3 is 15.0 Å². The Hall–Kier alpha value is -4.34. The predicted molar refractivity (Wildman–Crippen MR) is 124 cm³/mol. The summed E-state index contributed by atoms with van der Waals surface area (Å²) >= 11 is 0. The Kier molecular flexibility index (Phi) is 5.66. The van der Waals surface area contributed by atoms with Gasteiger partial charge in [0.05, 0.1) is 11.3 Å². The molecule has 2 aliphatic heterocycles. The van der Waals surface area contributed by atoms with Crippen molar-refractivity contribution in [3.05, 3.63) is 90.0 Å². The van der Waals surface area contributed by atoms with Gasteiger partial charge in [-0.2, -0.15) is 0 Å². The van der Waals surface area contributed by atoms with Crippen molar-refractivity contribution in [2.24, 2.45) is 0 Å². The molecule has 5 rings (SSSR count). The smallest absolute Gasteiger partial charge is 0.406 e. The highest BCUT2D eigenvalue weighted by Crippen LogP contribution is 2.45. The van der Waals surface area contributed by atoms with E-state index < -0.39 is 29.6 Å². The van der Waals surface area contributed by atoms with E-state index in [9.17, 15) is 27.6 Å². The standard InChI is InChI=1S/C26H20F3N3O4/c27-26(28,29)36-19-12-10-18(11-13-19)30-24(35)25-15-14-22(33)32(25)21-9-5-4-8-20(21)23(34)31(25)16-17-6-2-1-3-7-17/h1-13H,14-16H2,(H,30,35). The number of halogens is 3. The predicted octanol–water partition coefficient (Wildman–Crippen LogP) is 4.70. The third-order valence-electron chi connectivity index (χ3n) is 6.27. The maximum Gasteiger partial charge on any atom is 0.573 e. The van der Waals surface area contributed by atoms with Gasteiger partial charge in [-0.05, 0) is 42.0 Å². The average molecular weight is 495 g/mol. The first-order valence-corrected chi connectivity index (χ1v) is 11.1. The van der Waals surface area contributed by atoms with Crippen molar-refractivity contribution < 1.29 is 32.3 Å². The van der Waals surface area contributed by atoms with Crippen LogP contribution in [0.5, 0.6) is 5.75 Å². The zero-order chi connectivity index (χ0) is 25.5. The molecule has 0 aromatic heterocycles. The number of anilines is 2. The second-order valence-corrected chi connectivity index (χ2v) is 8.47. The van der Waals surface area contributed by atoms with Crippen LogP contribution >= 0.6 is 0 Å². The zero-order valence-corrected chi connectivity index (χ0v) is 18.8. The fourth-order valence-corrected chi connectivity index (χ4v) is 4.74. The van der Waals surface area contributed by atoms with Gasteiger partial charge in [0.2, 0.25) is 11.6 Å². The Bertz CT molecular complexity index is 1330. The summed E-state index contributed by atoms with van der Waals surface area (Å²) in [7, 11) is 0. The number of ether oxygens (including phenoxy) is 1. The van der Waals surface area contributed by atoms with Crippen molar-refractivity contribution in [1.29, 1.82) is 0 Å². The minimum Gasteiger partial charge on any atom is -0.406 e. The van der Waals surface area contributed by atoms with Gasteiger partial charge in [-0.3, -0.25) is 19.3 Å². The first kappa shape index (κ1) is 23.4. The van der Waals surface area contributed by atoms with E-state index in [1.54, 1.807) is 24.3 Å². The number of nitrogens with zero attached hydrogens (tertiary/aromatic N) is 2. The van der Waals surface area contributed by atoms with Crippen LogP contribution in [0.4, 0.5) is 24.5 Å². The van der Waals surface area contributed by atoms with Crippen LogP contribution in [0.15, 0.2) is 78.9 Å². The quantitative estimate of drug-likeness (QED) is 0.557. The van der Waals surface area contributed by atoms with Gasteiger partial charge in [0.15, 0.2) is 0 Å². The third-order valence-corrected chi connectivity index (χ3v) is 6.27. The summed E-state index contributed by atoms with van der Waals surface area (Å²) in [6, 6.07) is 20.4. The summed E-state index contributed by atoms with van der Waals surface area (Å²) in [4.78, 5) is 43.4. The van der Waals surface area contributed by atoms with Crippen molar-refractivity contribution >= 4 is 29.1 Å². The van der Waals surface area contributed by atoms with E-state index in [2.05, 4.69) is 10.1 Å². The Balaban J connectivity index is 1.54. The van der Waals surface area contributed by atoms with Crippen molar-refractivity contribution in [3.8, 4) is 5.75 Å². The van der Waals surface area contributed by atoms with Crippen molar-refractivity contribution in [3.63, 3.8) is 0 Å². The molecule has 1 N–H and O–H groups in total. The molecule has 0 spiro atoms. The minimum absolute atomic E-state index is 0.0404. The Labute approximate surface area is 204 Å². The van der Waals surface area contributed by atoms with Crippen LogP contribution in [0.3, 0.4) is 0 Å². The summed E-state index contributed by atoms with van der Waals surface area (Å²) < 4.78 is 41.4. The first-order chi connectivity index (χ1) is 17.2. The normalized spacial score (nSPS) is 19.1. The van der Waals surface area contributed by atoms with Gasteiger partial charge in [0.25, 0.3) is 11.8 Å². The average Bonchev–Trinajstić information content (AvgIpc) is 3.21. The maximum atomic E-state index is 13.9. The van der Waals surface area contributed by atoms with Crippen LogP contribution in [0.25, 0.3) is 0 Å². The highest BCUT2D eigenvalue weighted by molar-refractivity contribution is 6.18. The van der Waals surface area contributed by atoms with Crippen LogP contribution < -0.4 is 15.0 Å². The lowest BCUT2D eigenvalue weighted by Crippen LogP contribution is -2.69. The van der Waals surface area contributed by atoms with Crippen molar-refractivity contribution in [1.82, 2.24) is 4.90 Å². The summed E-state index contributed by atoms with van der Waals surface area (Å²) in [6.07, 6.45) is -4.75. The van der Waals surface area contributed by atoms with E-state index in [-0.39, 0.29) is 31.0 Å². The van der Waals surface area contributed by atoms with Crippen LogP contribution in [0.1, 0.15) is 28.8 Å². The molecule has 10 heteroatoms. The number of benzene rings is 3. The lowest BCUT2D eigenvalue weighted by Gasteiger charge is -2.49. The molecule has 7 nitrogen and oxygen atoms in total. The minimum atomic E-state index is -4.85. The second kappa shape index (κ2) is 8.71. The van der Waals surface area contributed by atoms with Gasteiger partial charge in [-0.15, -0.1) is 13.2 Å². The zero-order valence-electron chi connectivity index (χ0n) is 18.8. The van der Waals surface area contributed by atoms with E-state index in [4.69, 9.17) is 0 Å².